The van der Waals surface area contributed by atoms with E-state index in [4.69, 9.17) is 18.9 Å². The highest BCUT2D eigenvalue weighted by molar-refractivity contribution is 5.91. The molecule has 7 heteroatoms. The summed E-state index contributed by atoms with van der Waals surface area (Å²) in [7, 11) is 0. The molecule has 2 N–H and O–H groups in total. The standard InChI is InChI=1S/C30H46O7/c1-19-7-9-21(26(2,3)23(19)12-11-22-24(31)18-34-25(22)32)10-8-20-13-14-30(35-17-20)28(6)15-16-29(33,37-30)27(4,5)36-28/h11,20-21,23-24,31,33H,1,7-10,12-18H2,2-6H3/b22-11+/t20-,21?,23+,24+,28-,29-,30?/m0/s1. The van der Waals surface area contributed by atoms with Crippen LogP contribution in [0.2, 0.25) is 0 Å². The molecule has 7 atom stereocenters. The molecule has 0 radical (unpaired) electrons. The molecule has 5 heterocycles. The molecule has 1 spiro atoms. The number of fused-ring (bicyclic) bond motifs is 2. The number of hydrogen-bond donors (Lipinski definition) is 2. The van der Waals surface area contributed by atoms with E-state index in [0.717, 1.165) is 44.9 Å². The van der Waals surface area contributed by atoms with Gasteiger partial charge in [-0.1, -0.05) is 32.1 Å². The highest BCUT2D eigenvalue weighted by atomic mass is 16.8. The Hall–Kier alpha value is -1.25. The van der Waals surface area contributed by atoms with Crippen LogP contribution in [0.25, 0.3) is 0 Å². The molecule has 2 bridgehead atoms. The second-order valence-corrected chi connectivity index (χ2v) is 13.6. The Labute approximate surface area is 221 Å². The van der Waals surface area contributed by atoms with Crippen LogP contribution in [0.3, 0.4) is 0 Å². The van der Waals surface area contributed by atoms with Gasteiger partial charge in [-0.15, -0.1) is 0 Å². The molecule has 5 aliphatic heterocycles. The minimum absolute atomic E-state index is 0.0401. The predicted molar refractivity (Wildman–Crippen MR) is 138 cm³/mol. The van der Waals surface area contributed by atoms with E-state index in [9.17, 15) is 15.0 Å². The summed E-state index contributed by atoms with van der Waals surface area (Å²) < 4.78 is 24.2. The lowest BCUT2D eigenvalue weighted by atomic mass is 9.58. The molecule has 208 valence electrons. The largest absolute Gasteiger partial charge is 0.459 e. The topological polar surface area (TPSA) is 94.5 Å². The molecule has 5 saturated heterocycles. The fourth-order valence-corrected chi connectivity index (χ4v) is 7.82. The van der Waals surface area contributed by atoms with Crippen LogP contribution in [0, 0.1) is 23.2 Å². The number of carbonyl (C=O) groups excluding carboxylic acids is 1. The first-order valence-corrected chi connectivity index (χ1v) is 14.2. The van der Waals surface area contributed by atoms with Crippen molar-refractivity contribution in [2.45, 2.75) is 121 Å². The first-order chi connectivity index (χ1) is 17.2. The van der Waals surface area contributed by atoms with E-state index in [2.05, 4.69) is 27.4 Å². The second kappa shape index (κ2) is 9.16. The van der Waals surface area contributed by atoms with Crippen molar-refractivity contribution in [2.75, 3.05) is 13.2 Å². The van der Waals surface area contributed by atoms with Crippen LogP contribution in [0.1, 0.15) is 92.4 Å². The molecule has 2 unspecified atom stereocenters. The van der Waals surface area contributed by atoms with Crippen LogP contribution in [-0.2, 0) is 23.7 Å². The van der Waals surface area contributed by atoms with Gasteiger partial charge in [-0.25, -0.2) is 4.79 Å². The maximum atomic E-state index is 12.0. The molecular formula is C30H46O7. The number of aliphatic hydroxyl groups is 2. The molecule has 7 nitrogen and oxygen atoms in total. The van der Waals surface area contributed by atoms with E-state index in [1.165, 1.54) is 5.57 Å². The van der Waals surface area contributed by atoms with Crippen molar-refractivity contribution in [2.24, 2.45) is 23.2 Å². The van der Waals surface area contributed by atoms with Crippen LogP contribution in [-0.4, -0.2) is 58.3 Å². The molecule has 37 heavy (non-hydrogen) atoms. The zero-order valence-electron chi connectivity index (χ0n) is 23.3. The van der Waals surface area contributed by atoms with Crippen LogP contribution in [0.4, 0.5) is 0 Å². The van der Waals surface area contributed by atoms with Crippen LogP contribution >= 0.6 is 0 Å². The van der Waals surface area contributed by atoms with Crippen molar-refractivity contribution in [1.82, 2.24) is 0 Å². The lowest BCUT2D eigenvalue weighted by Gasteiger charge is -2.66. The highest BCUT2D eigenvalue weighted by Gasteiger charge is 2.71. The quantitative estimate of drug-likeness (QED) is 0.307. The van der Waals surface area contributed by atoms with Crippen molar-refractivity contribution >= 4 is 5.97 Å². The smallest absolute Gasteiger partial charge is 0.336 e. The SMILES string of the molecule is C=C1CCC(CC[C@H]2CCC3(OC2)O[C@@]2(O)CC[C@]3(C)OC2(C)C)C(C)(C)[C@@H]1C/C=C1/C(=O)OC[C@H]1O. The average Bonchev–Trinajstić information content (AvgIpc) is 3.13. The number of rotatable bonds is 5. The Morgan fingerprint density at radius 2 is 1.78 bits per heavy atom. The summed E-state index contributed by atoms with van der Waals surface area (Å²) in [6, 6.07) is 0. The molecule has 6 aliphatic rings. The minimum Gasteiger partial charge on any atom is -0.459 e. The normalized spacial score (nSPS) is 46.0. The molecule has 0 aromatic carbocycles. The van der Waals surface area contributed by atoms with E-state index in [1.54, 1.807) is 0 Å². The van der Waals surface area contributed by atoms with Gasteiger partial charge in [0.1, 0.15) is 23.9 Å². The van der Waals surface area contributed by atoms with Crippen molar-refractivity contribution in [3.63, 3.8) is 0 Å². The maximum Gasteiger partial charge on any atom is 0.336 e. The lowest BCUT2D eigenvalue weighted by molar-refractivity contribution is -0.522. The summed E-state index contributed by atoms with van der Waals surface area (Å²) in [5, 5.41) is 21.3. The van der Waals surface area contributed by atoms with Gasteiger partial charge < -0.3 is 29.2 Å². The second-order valence-electron chi connectivity index (χ2n) is 13.6. The monoisotopic (exact) mass is 518 g/mol. The van der Waals surface area contributed by atoms with Gasteiger partial charge >= 0.3 is 5.97 Å². The van der Waals surface area contributed by atoms with E-state index >= 15 is 0 Å². The van der Waals surface area contributed by atoms with Crippen molar-refractivity contribution in [1.29, 1.82) is 0 Å². The average molecular weight is 519 g/mol. The summed E-state index contributed by atoms with van der Waals surface area (Å²) in [6.07, 6.45) is 9.09. The first kappa shape index (κ1) is 27.3. The number of ether oxygens (including phenoxy) is 4. The van der Waals surface area contributed by atoms with E-state index in [1.807, 2.05) is 19.9 Å². The maximum absolute atomic E-state index is 12.0. The van der Waals surface area contributed by atoms with Gasteiger partial charge in [-0.3, -0.25) is 0 Å². The van der Waals surface area contributed by atoms with Gasteiger partial charge in [-0.2, -0.15) is 0 Å². The summed E-state index contributed by atoms with van der Waals surface area (Å²) >= 11 is 0. The fourth-order valence-electron chi connectivity index (χ4n) is 7.82. The first-order valence-electron chi connectivity index (χ1n) is 14.2. The number of cyclic esters (lactones) is 1. The van der Waals surface area contributed by atoms with Gasteiger partial charge in [0.2, 0.25) is 5.79 Å². The van der Waals surface area contributed by atoms with E-state index in [0.29, 0.717) is 36.9 Å². The summed E-state index contributed by atoms with van der Waals surface area (Å²) in [5.41, 5.74) is 0.353. The Balaban J connectivity index is 1.19. The highest BCUT2D eigenvalue weighted by Crippen LogP contribution is 2.59. The Kier molecular flexibility index (Phi) is 6.76. The van der Waals surface area contributed by atoms with Crippen molar-refractivity contribution in [3.05, 3.63) is 23.8 Å². The molecule has 6 rings (SSSR count). The Morgan fingerprint density at radius 1 is 1.03 bits per heavy atom. The Morgan fingerprint density at radius 3 is 2.41 bits per heavy atom. The third kappa shape index (κ3) is 4.43. The minimum atomic E-state index is -1.32. The summed E-state index contributed by atoms with van der Waals surface area (Å²) in [6.45, 7) is 15.6. The molecular weight excluding hydrogens is 472 g/mol. The lowest BCUT2D eigenvalue weighted by Crippen LogP contribution is -2.78. The fraction of sp³-hybridized carbons (Fsp3) is 0.833. The number of aliphatic hydroxyl groups excluding tert-OH is 1. The molecule has 0 amide bonds. The zero-order valence-corrected chi connectivity index (χ0v) is 23.3. The number of hydrogen-bond acceptors (Lipinski definition) is 7. The van der Waals surface area contributed by atoms with Gasteiger partial charge in [0.25, 0.3) is 0 Å². The third-order valence-electron chi connectivity index (χ3n) is 10.7. The van der Waals surface area contributed by atoms with E-state index in [-0.39, 0.29) is 17.9 Å². The van der Waals surface area contributed by atoms with E-state index < -0.39 is 34.8 Å². The summed E-state index contributed by atoms with van der Waals surface area (Å²) in [5.74, 6) is -1.34. The number of esters is 1. The van der Waals surface area contributed by atoms with Crippen LogP contribution < -0.4 is 0 Å². The van der Waals surface area contributed by atoms with Crippen molar-refractivity contribution in [3.8, 4) is 0 Å². The van der Waals surface area contributed by atoms with Crippen LogP contribution in [0.5, 0.6) is 0 Å². The molecule has 0 aromatic heterocycles. The number of carbonyl (C=O) groups is 1. The molecule has 0 aromatic rings. The van der Waals surface area contributed by atoms with Gasteiger partial charge in [0.15, 0.2) is 5.79 Å². The summed E-state index contributed by atoms with van der Waals surface area (Å²) in [4.78, 5) is 12.0. The molecule has 1 aliphatic carbocycles. The van der Waals surface area contributed by atoms with Gasteiger partial charge in [0, 0.05) is 12.8 Å². The van der Waals surface area contributed by atoms with Crippen LogP contribution in [0.15, 0.2) is 23.8 Å². The number of allylic oxidation sites excluding steroid dienone is 2. The van der Waals surface area contributed by atoms with Gasteiger partial charge in [0.05, 0.1) is 12.2 Å². The zero-order chi connectivity index (χ0) is 26.9. The third-order valence-corrected chi connectivity index (χ3v) is 10.7. The molecule has 6 fully saturated rings. The van der Waals surface area contributed by atoms with Crippen molar-refractivity contribution < 1.29 is 34.0 Å². The Bertz CT molecular complexity index is 959. The molecule has 1 saturated carbocycles. The predicted octanol–water partition coefficient (Wildman–Crippen LogP) is 4.80. The van der Waals surface area contributed by atoms with Gasteiger partial charge in [-0.05, 0) is 88.9 Å².